The number of hydrogen-bond acceptors (Lipinski definition) is 3. The van der Waals surface area contributed by atoms with Gasteiger partial charge in [0.25, 0.3) is 0 Å². The molecule has 6 heteroatoms. The molecule has 1 aromatic carbocycles. The number of nitrogens with zero attached hydrogens (tertiary/aromatic N) is 1. The van der Waals surface area contributed by atoms with Crippen molar-refractivity contribution in [2.45, 2.75) is 19.8 Å². The number of piperidine rings is 1. The maximum Gasteiger partial charge on any atom is 0.321 e. The first-order valence-corrected chi connectivity index (χ1v) is 7.46. The molecular formula is C15H21N3O2S. The molecule has 0 saturated carbocycles. The lowest BCUT2D eigenvalue weighted by Gasteiger charge is -2.30. The van der Waals surface area contributed by atoms with Crippen molar-refractivity contribution in [3.05, 3.63) is 23.8 Å². The maximum absolute atomic E-state index is 12.3. The number of hydrogen-bond donors (Lipinski definition) is 2. The quantitative estimate of drug-likeness (QED) is 0.842. The minimum Gasteiger partial charge on any atom is -0.495 e. The van der Waals surface area contributed by atoms with Gasteiger partial charge in [0.05, 0.1) is 12.8 Å². The van der Waals surface area contributed by atoms with Crippen LogP contribution in [0.3, 0.4) is 0 Å². The second-order valence-corrected chi connectivity index (χ2v) is 5.82. The topological polar surface area (TPSA) is 67.6 Å². The normalized spacial score (nSPS) is 15.6. The number of nitrogens with one attached hydrogen (secondary N) is 1. The number of ether oxygens (including phenoxy) is 1. The zero-order valence-corrected chi connectivity index (χ0v) is 13.2. The molecule has 0 atom stereocenters. The number of anilines is 1. The van der Waals surface area contributed by atoms with E-state index in [1.165, 1.54) is 0 Å². The van der Waals surface area contributed by atoms with E-state index in [9.17, 15) is 4.79 Å². The molecule has 3 N–H and O–H groups in total. The Morgan fingerprint density at radius 3 is 2.67 bits per heavy atom. The van der Waals surface area contributed by atoms with E-state index in [0.717, 1.165) is 25.9 Å². The molecule has 0 bridgehead atoms. The standard InChI is InChI=1S/C15H21N3O2S/c1-10-5-7-18(8-6-10)15(19)17-12-4-3-11(14(16)21)9-13(12)20-2/h3-4,9-10H,5-8H2,1-2H3,(H2,16,21)(H,17,19). The number of carbonyl (C=O) groups excluding carboxylic acids is 1. The molecule has 2 amide bonds. The Labute approximate surface area is 130 Å². The van der Waals surface area contributed by atoms with Crippen molar-refractivity contribution in [1.82, 2.24) is 4.90 Å². The summed E-state index contributed by atoms with van der Waals surface area (Å²) in [6.45, 7) is 3.80. The number of thiocarbonyl (C=S) groups is 1. The first-order valence-electron chi connectivity index (χ1n) is 7.05. The molecule has 1 saturated heterocycles. The first-order chi connectivity index (χ1) is 10.0. The van der Waals surface area contributed by atoms with Crippen LogP contribution in [0.15, 0.2) is 18.2 Å². The van der Waals surface area contributed by atoms with Crippen molar-refractivity contribution in [2.75, 3.05) is 25.5 Å². The van der Waals surface area contributed by atoms with Crippen molar-refractivity contribution in [3.8, 4) is 5.75 Å². The fourth-order valence-corrected chi connectivity index (χ4v) is 2.48. The van der Waals surface area contributed by atoms with Crippen molar-refractivity contribution >= 4 is 28.9 Å². The molecule has 5 nitrogen and oxygen atoms in total. The number of carbonyl (C=O) groups is 1. The highest BCUT2D eigenvalue weighted by molar-refractivity contribution is 7.80. The third-order valence-corrected chi connectivity index (χ3v) is 4.03. The highest BCUT2D eigenvalue weighted by Crippen LogP contribution is 2.26. The summed E-state index contributed by atoms with van der Waals surface area (Å²) in [5, 5.41) is 2.89. The van der Waals surface area contributed by atoms with Gasteiger partial charge in [0.1, 0.15) is 10.7 Å². The number of methoxy groups -OCH3 is 1. The molecule has 0 unspecified atom stereocenters. The third-order valence-electron chi connectivity index (χ3n) is 3.80. The van der Waals surface area contributed by atoms with Crippen molar-refractivity contribution < 1.29 is 9.53 Å². The summed E-state index contributed by atoms with van der Waals surface area (Å²) in [6, 6.07) is 5.18. The summed E-state index contributed by atoms with van der Waals surface area (Å²) in [4.78, 5) is 14.4. The van der Waals surface area contributed by atoms with Crippen LogP contribution < -0.4 is 15.8 Å². The summed E-state index contributed by atoms with van der Waals surface area (Å²) >= 11 is 4.94. The van der Waals surface area contributed by atoms with Crippen LogP contribution in [0.25, 0.3) is 0 Å². The summed E-state index contributed by atoms with van der Waals surface area (Å²) < 4.78 is 5.29. The Bertz CT molecular complexity index is 540. The molecule has 0 spiro atoms. The van der Waals surface area contributed by atoms with E-state index in [2.05, 4.69) is 12.2 Å². The lowest BCUT2D eigenvalue weighted by molar-refractivity contribution is 0.186. The molecule has 0 aromatic heterocycles. The van der Waals surface area contributed by atoms with E-state index in [1.54, 1.807) is 25.3 Å². The molecule has 114 valence electrons. The number of rotatable bonds is 3. The van der Waals surface area contributed by atoms with Crippen LogP contribution in [0, 0.1) is 5.92 Å². The summed E-state index contributed by atoms with van der Waals surface area (Å²) in [5.41, 5.74) is 6.94. The second kappa shape index (κ2) is 6.76. The van der Waals surface area contributed by atoms with E-state index in [-0.39, 0.29) is 6.03 Å². The predicted molar refractivity (Wildman–Crippen MR) is 87.9 cm³/mol. The lowest BCUT2D eigenvalue weighted by Crippen LogP contribution is -2.40. The van der Waals surface area contributed by atoms with Gasteiger partial charge in [-0.3, -0.25) is 0 Å². The highest BCUT2D eigenvalue weighted by atomic mass is 32.1. The van der Waals surface area contributed by atoms with Gasteiger partial charge in [-0.1, -0.05) is 19.1 Å². The molecule has 0 aliphatic carbocycles. The summed E-state index contributed by atoms with van der Waals surface area (Å²) in [5.74, 6) is 1.24. The Hall–Kier alpha value is -1.82. The summed E-state index contributed by atoms with van der Waals surface area (Å²) in [6.07, 6.45) is 2.09. The van der Waals surface area contributed by atoms with Gasteiger partial charge in [0, 0.05) is 18.7 Å². The maximum atomic E-state index is 12.3. The van der Waals surface area contributed by atoms with E-state index in [4.69, 9.17) is 22.7 Å². The number of likely N-dealkylation sites (tertiary alicyclic amines) is 1. The predicted octanol–water partition coefficient (Wildman–Crippen LogP) is 2.59. The SMILES string of the molecule is COc1cc(C(N)=S)ccc1NC(=O)N1CCC(C)CC1. The third kappa shape index (κ3) is 3.85. The lowest BCUT2D eigenvalue weighted by atomic mass is 10.00. The van der Waals surface area contributed by atoms with Gasteiger partial charge in [0.15, 0.2) is 0 Å². The van der Waals surface area contributed by atoms with Crippen LogP contribution in [-0.4, -0.2) is 36.1 Å². The number of nitrogens with two attached hydrogens (primary N) is 1. The Morgan fingerprint density at radius 1 is 1.43 bits per heavy atom. The molecule has 1 heterocycles. The minimum absolute atomic E-state index is 0.0942. The van der Waals surface area contributed by atoms with Gasteiger partial charge < -0.3 is 20.7 Å². The Balaban J connectivity index is 2.08. The largest absolute Gasteiger partial charge is 0.495 e. The van der Waals surface area contributed by atoms with Gasteiger partial charge in [-0.15, -0.1) is 0 Å². The molecular weight excluding hydrogens is 286 g/mol. The van der Waals surface area contributed by atoms with Gasteiger partial charge in [-0.2, -0.15) is 0 Å². The summed E-state index contributed by atoms with van der Waals surface area (Å²) in [7, 11) is 1.55. The van der Waals surface area contributed by atoms with Crippen LogP contribution in [0.5, 0.6) is 5.75 Å². The van der Waals surface area contributed by atoms with Crippen molar-refractivity contribution in [3.63, 3.8) is 0 Å². The zero-order chi connectivity index (χ0) is 15.4. The monoisotopic (exact) mass is 307 g/mol. The molecule has 1 aliphatic heterocycles. The number of benzene rings is 1. The van der Waals surface area contributed by atoms with Crippen LogP contribution >= 0.6 is 12.2 Å². The van der Waals surface area contributed by atoms with Crippen molar-refractivity contribution in [2.24, 2.45) is 11.7 Å². The Morgan fingerprint density at radius 2 is 2.10 bits per heavy atom. The van der Waals surface area contributed by atoms with Crippen molar-refractivity contribution in [1.29, 1.82) is 0 Å². The van der Waals surface area contributed by atoms with Gasteiger partial charge in [-0.25, -0.2) is 4.79 Å². The Kier molecular flexibility index (Phi) is 5.01. The van der Waals surface area contributed by atoms with Crippen LogP contribution in [0.4, 0.5) is 10.5 Å². The molecule has 0 radical (unpaired) electrons. The van der Waals surface area contributed by atoms with E-state index in [0.29, 0.717) is 27.9 Å². The fraction of sp³-hybridized carbons (Fsp3) is 0.467. The van der Waals surface area contributed by atoms with Gasteiger partial charge >= 0.3 is 6.03 Å². The zero-order valence-electron chi connectivity index (χ0n) is 12.4. The molecule has 1 aromatic rings. The van der Waals surface area contributed by atoms with Gasteiger partial charge in [0.2, 0.25) is 0 Å². The number of amides is 2. The van der Waals surface area contributed by atoms with Crippen LogP contribution in [-0.2, 0) is 0 Å². The average molecular weight is 307 g/mol. The molecule has 1 aliphatic rings. The van der Waals surface area contributed by atoms with Crippen LogP contribution in [0.2, 0.25) is 0 Å². The van der Waals surface area contributed by atoms with E-state index in [1.807, 2.05) is 4.90 Å². The van der Waals surface area contributed by atoms with Crippen LogP contribution in [0.1, 0.15) is 25.3 Å². The van der Waals surface area contributed by atoms with E-state index < -0.39 is 0 Å². The fourth-order valence-electron chi connectivity index (χ4n) is 2.35. The first kappa shape index (κ1) is 15.6. The molecule has 2 rings (SSSR count). The smallest absolute Gasteiger partial charge is 0.321 e. The van der Waals surface area contributed by atoms with E-state index >= 15 is 0 Å². The highest BCUT2D eigenvalue weighted by Gasteiger charge is 2.21. The minimum atomic E-state index is -0.0942. The second-order valence-electron chi connectivity index (χ2n) is 5.38. The number of urea groups is 1. The molecule has 1 fully saturated rings. The molecule has 21 heavy (non-hydrogen) atoms. The average Bonchev–Trinajstić information content (AvgIpc) is 2.48. The van der Waals surface area contributed by atoms with Gasteiger partial charge in [-0.05, 0) is 37.0 Å².